The summed E-state index contributed by atoms with van der Waals surface area (Å²) in [4.78, 5) is 24.3. The summed E-state index contributed by atoms with van der Waals surface area (Å²) in [6.07, 6.45) is -4.65. The standard InChI is InChI=1S/C24H37NO8/c1-24(2,3)18(26)10-5-6-11-32-23-22(30)21(29)20(28)17(33-23)14-25-19(27)13-15-8-7-9-16(12-15)31-4/h7-9,12,17,20-23,28-30H,5-6,10-11,13-14H2,1-4H3,(H,25,27)/t17?,20-,21-,22?,23+/m0/s1. The molecule has 33 heavy (non-hydrogen) atoms. The maximum absolute atomic E-state index is 12.3. The van der Waals surface area contributed by atoms with E-state index in [4.69, 9.17) is 14.2 Å². The lowest BCUT2D eigenvalue weighted by molar-refractivity contribution is -0.295. The molecule has 1 saturated heterocycles. The maximum Gasteiger partial charge on any atom is 0.224 e. The van der Waals surface area contributed by atoms with Gasteiger partial charge in [0.2, 0.25) is 5.91 Å². The van der Waals surface area contributed by atoms with Gasteiger partial charge in [-0.1, -0.05) is 32.9 Å². The van der Waals surface area contributed by atoms with Crippen LogP contribution in [0.4, 0.5) is 0 Å². The van der Waals surface area contributed by atoms with E-state index in [-0.39, 0.29) is 36.7 Å². The highest BCUT2D eigenvalue weighted by atomic mass is 16.7. The Labute approximate surface area is 195 Å². The van der Waals surface area contributed by atoms with Crippen molar-refractivity contribution in [1.82, 2.24) is 5.32 Å². The Bertz CT molecular complexity index is 778. The molecule has 0 saturated carbocycles. The first-order chi connectivity index (χ1) is 15.5. The number of amides is 1. The molecule has 5 atom stereocenters. The molecule has 0 radical (unpaired) electrons. The summed E-state index contributed by atoms with van der Waals surface area (Å²) in [5.41, 5.74) is 0.382. The Morgan fingerprint density at radius 2 is 1.82 bits per heavy atom. The number of aliphatic hydroxyl groups excluding tert-OH is 3. The number of unbranched alkanes of at least 4 members (excludes halogenated alkanes) is 1. The molecule has 1 amide bonds. The van der Waals surface area contributed by atoms with E-state index in [1.807, 2.05) is 20.8 Å². The smallest absolute Gasteiger partial charge is 0.224 e. The third kappa shape index (κ3) is 8.35. The highest BCUT2D eigenvalue weighted by molar-refractivity contribution is 5.83. The summed E-state index contributed by atoms with van der Waals surface area (Å²) in [6.45, 7) is 5.78. The third-order valence-electron chi connectivity index (χ3n) is 5.58. The van der Waals surface area contributed by atoms with E-state index in [2.05, 4.69) is 5.32 Å². The van der Waals surface area contributed by atoms with E-state index in [0.29, 0.717) is 25.0 Å². The van der Waals surface area contributed by atoms with Gasteiger partial charge in [-0.25, -0.2) is 0 Å². The second kappa shape index (κ2) is 12.4. The fraction of sp³-hybridized carbons (Fsp3) is 0.667. The van der Waals surface area contributed by atoms with E-state index in [0.717, 1.165) is 5.56 Å². The van der Waals surface area contributed by atoms with Crippen LogP contribution in [0.5, 0.6) is 5.75 Å². The molecule has 1 aromatic rings. The first-order valence-corrected chi connectivity index (χ1v) is 11.3. The van der Waals surface area contributed by atoms with Crippen LogP contribution in [-0.2, 0) is 25.5 Å². The SMILES string of the molecule is COc1cccc(CC(=O)NCC2O[C@@H](OCCCCC(=O)C(C)(C)C)C(O)[C@@H](O)[C@H]2O)c1. The van der Waals surface area contributed by atoms with Crippen LogP contribution in [0.15, 0.2) is 24.3 Å². The Morgan fingerprint density at radius 1 is 1.09 bits per heavy atom. The number of Topliss-reactive ketones (excluding diaryl/α,β-unsaturated/α-hetero) is 1. The van der Waals surface area contributed by atoms with Crippen molar-refractivity contribution in [2.75, 3.05) is 20.3 Å². The molecule has 1 aromatic carbocycles. The zero-order chi connectivity index (χ0) is 24.6. The molecule has 1 heterocycles. The van der Waals surface area contributed by atoms with Gasteiger partial charge in [-0.2, -0.15) is 0 Å². The molecule has 2 rings (SSSR count). The Kier molecular flexibility index (Phi) is 10.2. The van der Waals surface area contributed by atoms with Gasteiger partial charge in [0.25, 0.3) is 0 Å². The van der Waals surface area contributed by atoms with Gasteiger partial charge < -0.3 is 34.8 Å². The molecule has 1 aliphatic heterocycles. The molecule has 186 valence electrons. The number of hydrogen-bond acceptors (Lipinski definition) is 8. The molecule has 0 aliphatic carbocycles. The minimum Gasteiger partial charge on any atom is -0.497 e. The summed E-state index contributed by atoms with van der Waals surface area (Å²) in [6, 6.07) is 7.12. The second-order valence-corrected chi connectivity index (χ2v) is 9.35. The minimum absolute atomic E-state index is 0.0618. The third-order valence-corrected chi connectivity index (χ3v) is 5.58. The number of aliphatic hydroxyl groups is 3. The molecular weight excluding hydrogens is 430 g/mol. The van der Waals surface area contributed by atoms with Gasteiger partial charge in [0, 0.05) is 25.0 Å². The van der Waals surface area contributed by atoms with Gasteiger partial charge >= 0.3 is 0 Å². The molecule has 4 N–H and O–H groups in total. The van der Waals surface area contributed by atoms with Crippen LogP contribution < -0.4 is 10.1 Å². The highest BCUT2D eigenvalue weighted by Gasteiger charge is 2.44. The normalized spacial score (nSPS) is 25.5. The van der Waals surface area contributed by atoms with Crippen molar-refractivity contribution in [2.45, 2.75) is 77.2 Å². The first kappa shape index (κ1) is 27.2. The van der Waals surface area contributed by atoms with Crippen LogP contribution in [0.2, 0.25) is 0 Å². The van der Waals surface area contributed by atoms with Crippen molar-refractivity contribution in [1.29, 1.82) is 0 Å². The number of nitrogens with one attached hydrogen (secondary N) is 1. The lowest BCUT2D eigenvalue weighted by atomic mass is 9.88. The number of benzene rings is 1. The summed E-state index contributed by atoms with van der Waals surface area (Å²) in [5, 5.41) is 33.3. The summed E-state index contributed by atoms with van der Waals surface area (Å²) < 4.78 is 16.3. The van der Waals surface area contributed by atoms with Crippen LogP contribution in [0, 0.1) is 5.41 Å². The summed E-state index contributed by atoms with van der Waals surface area (Å²) in [7, 11) is 1.55. The fourth-order valence-corrected chi connectivity index (χ4v) is 3.43. The number of ether oxygens (including phenoxy) is 3. The second-order valence-electron chi connectivity index (χ2n) is 9.35. The van der Waals surface area contributed by atoms with Gasteiger partial charge in [-0.3, -0.25) is 9.59 Å². The molecule has 1 aliphatic rings. The zero-order valence-corrected chi connectivity index (χ0v) is 19.8. The van der Waals surface area contributed by atoms with E-state index in [9.17, 15) is 24.9 Å². The predicted molar refractivity (Wildman–Crippen MR) is 121 cm³/mol. The Balaban J connectivity index is 1.80. The topological polar surface area (TPSA) is 135 Å². The number of carbonyl (C=O) groups is 2. The molecular formula is C24H37NO8. The fourth-order valence-electron chi connectivity index (χ4n) is 3.43. The van der Waals surface area contributed by atoms with Crippen molar-refractivity contribution >= 4 is 11.7 Å². The van der Waals surface area contributed by atoms with Gasteiger partial charge in [0.05, 0.1) is 13.5 Å². The molecule has 9 nitrogen and oxygen atoms in total. The van der Waals surface area contributed by atoms with Gasteiger partial charge in [0.15, 0.2) is 6.29 Å². The molecule has 9 heteroatoms. The van der Waals surface area contributed by atoms with Crippen LogP contribution in [0.25, 0.3) is 0 Å². The van der Waals surface area contributed by atoms with Crippen LogP contribution in [-0.4, -0.2) is 78.0 Å². The highest BCUT2D eigenvalue weighted by Crippen LogP contribution is 2.23. The quantitative estimate of drug-likeness (QED) is 0.354. The lowest BCUT2D eigenvalue weighted by Gasteiger charge is -2.40. The van der Waals surface area contributed by atoms with E-state index in [1.54, 1.807) is 31.4 Å². The summed E-state index contributed by atoms with van der Waals surface area (Å²) in [5.74, 6) is 0.520. The molecule has 0 bridgehead atoms. The summed E-state index contributed by atoms with van der Waals surface area (Å²) >= 11 is 0. The van der Waals surface area contributed by atoms with Crippen molar-refractivity contribution in [3.05, 3.63) is 29.8 Å². The average Bonchev–Trinajstić information content (AvgIpc) is 2.77. The minimum atomic E-state index is -1.48. The first-order valence-electron chi connectivity index (χ1n) is 11.3. The monoisotopic (exact) mass is 467 g/mol. The van der Waals surface area contributed by atoms with Crippen molar-refractivity contribution in [3.8, 4) is 5.75 Å². The van der Waals surface area contributed by atoms with E-state index < -0.39 is 30.7 Å². The Hall–Kier alpha value is -2.04. The molecule has 0 spiro atoms. The zero-order valence-electron chi connectivity index (χ0n) is 19.8. The molecule has 1 fully saturated rings. The van der Waals surface area contributed by atoms with Gasteiger partial charge in [-0.05, 0) is 30.5 Å². The maximum atomic E-state index is 12.3. The number of methoxy groups -OCH3 is 1. The molecule has 2 unspecified atom stereocenters. The number of hydrogen-bond donors (Lipinski definition) is 4. The average molecular weight is 468 g/mol. The van der Waals surface area contributed by atoms with Crippen LogP contribution in [0.1, 0.15) is 45.6 Å². The van der Waals surface area contributed by atoms with Gasteiger partial charge in [-0.15, -0.1) is 0 Å². The number of ketones is 1. The van der Waals surface area contributed by atoms with Gasteiger partial charge in [0.1, 0.15) is 35.9 Å². The van der Waals surface area contributed by atoms with E-state index in [1.165, 1.54) is 0 Å². The van der Waals surface area contributed by atoms with Crippen LogP contribution >= 0.6 is 0 Å². The van der Waals surface area contributed by atoms with E-state index >= 15 is 0 Å². The van der Waals surface area contributed by atoms with Crippen LogP contribution in [0.3, 0.4) is 0 Å². The predicted octanol–water partition coefficient (Wildman–Crippen LogP) is 0.964. The van der Waals surface area contributed by atoms with Crippen molar-refractivity contribution in [2.24, 2.45) is 5.41 Å². The van der Waals surface area contributed by atoms with Crippen molar-refractivity contribution in [3.63, 3.8) is 0 Å². The number of carbonyl (C=O) groups excluding carboxylic acids is 2. The Morgan fingerprint density at radius 3 is 2.48 bits per heavy atom. The lowest BCUT2D eigenvalue weighted by Crippen LogP contribution is -2.60. The van der Waals surface area contributed by atoms with Crippen molar-refractivity contribution < 1.29 is 39.1 Å². The number of rotatable bonds is 11. The molecule has 0 aromatic heterocycles. The largest absolute Gasteiger partial charge is 0.497 e.